The van der Waals surface area contributed by atoms with Gasteiger partial charge in [0.2, 0.25) is 0 Å². The SMILES string of the molecule is CC(F)(F)c1cccc(NC(=O)N(Cc2ccccc2)C2CCN(Cc3ccc4c(c3)OCCO4)CC2)c1.CC(F)(F)c1cccc(NC(=O)NC2CCN(Cc3ccc(F)cc3)CC2)c1.CCCC(C)N1CCC(N(Cc2ccccc2)C(=O)Nc2c(C(C)C)cccc2C(C)C)CC1.CCCC(C)N1CCC(N(Cc2ccccc2)C(=O)Nc2ccc(C(F)(F)F)cc2[NH2+][O-])CC1.O. The van der Waals surface area contributed by atoms with E-state index in [2.05, 4.69) is 155 Å². The number of nitrogens with two attached hydrogens (primary N) is 1. The first-order valence-corrected chi connectivity index (χ1v) is 47.4. The summed E-state index contributed by atoms with van der Waals surface area (Å²) in [7, 11) is 0. The van der Waals surface area contributed by atoms with Gasteiger partial charge in [0.1, 0.15) is 24.7 Å². The van der Waals surface area contributed by atoms with E-state index in [-0.39, 0.29) is 70.0 Å². The second-order valence-corrected chi connectivity index (χ2v) is 36.7. The van der Waals surface area contributed by atoms with Crippen LogP contribution >= 0.6 is 0 Å². The summed E-state index contributed by atoms with van der Waals surface area (Å²) in [5.41, 5.74) is 8.52. The van der Waals surface area contributed by atoms with Crippen molar-refractivity contribution in [1.82, 2.24) is 39.6 Å². The van der Waals surface area contributed by atoms with Crippen molar-refractivity contribution in [3.05, 3.63) is 285 Å². The van der Waals surface area contributed by atoms with Crippen molar-refractivity contribution in [2.24, 2.45) is 0 Å². The van der Waals surface area contributed by atoms with Gasteiger partial charge in [0.05, 0.1) is 5.56 Å². The van der Waals surface area contributed by atoms with E-state index in [4.69, 9.17) is 9.47 Å². The average molecular weight is 1870 g/mol. The molecule has 21 nitrogen and oxygen atoms in total. The van der Waals surface area contributed by atoms with Gasteiger partial charge >= 0.3 is 30.3 Å². The summed E-state index contributed by atoms with van der Waals surface area (Å²) in [5, 5.41) is 25.9. The number of hydrogen-bond acceptors (Lipinski definition) is 11. The normalized spacial score (nSPS) is 16.0. The second-order valence-electron chi connectivity index (χ2n) is 36.7. The van der Waals surface area contributed by atoms with E-state index in [0.29, 0.717) is 73.6 Å². The van der Waals surface area contributed by atoms with Crippen molar-refractivity contribution < 1.29 is 74.7 Å². The summed E-state index contributed by atoms with van der Waals surface area (Å²) in [6.07, 6.45) is 7.02. The Morgan fingerprint density at radius 3 is 1.28 bits per heavy atom. The molecule has 5 aliphatic heterocycles. The number of nitrogens with zero attached hydrogens (tertiary/aromatic N) is 7. The van der Waals surface area contributed by atoms with Crippen LogP contribution < -0.4 is 41.5 Å². The number of para-hydroxylation sites is 1. The number of rotatable bonds is 29. The summed E-state index contributed by atoms with van der Waals surface area (Å²) in [6, 6.07) is 63.5. The smallest absolute Gasteiger partial charge is 0.416 e. The number of hydrogen-bond donors (Lipinski definition) is 6. The highest BCUT2D eigenvalue weighted by Crippen LogP contribution is 2.39. The standard InChI is InChI=1S/C30H33F2N3O3.C30H45N3O.C25H33F3N4O2.C21H24F3N3O.H2O/c1-30(31,32)24-8-5-9-25(19-24)33-29(36)35(21-22-6-3-2-4-7-22)26-12-14-34(15-13-26)20-23-10-11-27-28(18-23)38-17-16-37-27;1-7-12-24(6)32-19-17-26(18-20-32)33(21-25-13-9-8-10-14-25)30(34)31-29-27(22(2)3)15-11-16-28(29)23(4)5;1-3-7-18(2)31-14-12-21(13-15-31)32(17-19-8-5-4-6-9-19)24(33)29-22-11-10-20(25(26,27)28)16-23(22)30-34;1-21(23,24)16-3-2-4-19(13-16)26-20(28)25-18-9-11-27(12-10-18)14-15-5-7-17(22)8-6-15;/h2-11,18-19,26H,12-17,20-21H2,1H3,(H,33,36);8-11,13-16,22-24,26H,7,12,17-21H2,1-6H3,(H,31,34);4-6,8-11,16,18,21H,3,7,12-15,17,30H2,1-2H3,(H,29,33);2-8,13,18H,9-12,14H2,1H3,(H2,25,26,28);1H2. The maximum absolute atomic E-state index is 13.9. The van der Waals surface area contributed by atoms with E-state index in [1.807, 2.05) is 83.8 Å². The Labute approximate surface area is 791 Å². The summed E-state index contributed by atoms with van der Waals surface area (Å²) in [4.78, 5) is 68.3. The molecule has 4 fully saturated rings. The molecule has 0 bridgehead atoms. The fraction of sp³-hybridized carbons (Fsp3) is 0.453. The zero-order valence-electron chi connectivity index (χ0n) is 79.6. The van der Waals surface area contributed by atoms with Crippen molar-refractivity contribution in [1.29, 1.82) is 0 Å². The predicted molar refractivity (Wildman–Crippen MR) is 520 cm³/mol. The number of amides is 8. The first-order valence-electron chi connectivity index (χ1n) is 47.4. The van der Waals surface area contributed by atoms with Gasteiger partial charge in [-0.1, -0.05) is 206 Å². The lowest BCUT2D eigenvalue weighted by Gasteiger charge is -2.41. The Hall–Kier alpha value is -11.2. The van der Waals surface area contributed by atoms with Crippen LogP contribution in [-0.2, 0) is 50.7 Å². The molecule has 730 valence electrons. The first kappa shape index (κ1) is 106. The number of carbonyl (C=O) groups excluding carboxylic acids is 4. The van der Waals surface area contributed by atoms with Crippen LogP contribution in [0.15, 0.2) is 218 Å². The van der Waals surface area contributed by atoms with Crippen LogP contribution in [0.1, 0.15) is 214 Å². The quantitative estimate of drug-likeness (QED) is 0.0146. The third kappa shape index (κ3) is 32.2. The third-order valence-corrected chi connectivity index (χ3v) is 25.8. The fourth-order valence-corrected chi connectivity index (χ4v) is 18.1. The molecule has 135 heavy (non-hydrogen) atoms. The van der Waals surface area contributed by atoms with Gasteiger partial charge in [0.15, 0.2) is 17.2 Å². The maximum atomic E-state index is 13.9. The Morgan fingerprint density at radius 1 is 0.437 bits per heavy atom. The molecule has 2 unspecified atom stereocenters. The number of halogens is 8. The van der Waals surface area contributed by atoms with E-state index in [9.17, 15) is 59.5 Å². The fourth-order valence-electron chi connectivity index (χ4n) is 18.1. The lowest BCUT2D eigenvalue weighted by molar-refractivity contribution is -0.496. The van der Waals surface area contributed by atoms with Crippen LogP contribution in [-0.4, -0.2) is 166 Å². The van der Waals surface area contributed by atoms with E-state index in [0.717, 1.165) is 196 Å². The van der Waals surface area contributed by atoms with Crippen molar-refractivity contribution in [3.63, 3.8) is 0 Å². The number of carbonyl (C=O) groups is 4. The average Bonchev–Trinajstić information content (AvgIpc) is 0.804. The van der Waals surface area contributed by atoms with Gasteiger partial charge < -0.3 is 76.7 Å². The zero-order valence-corrected chi connectivity index (χ0v) is 79.6. The molecule has 5 heterocycles. The number of anilines is 4. The molecule has 0 aromatic heterocycles. The topological polar surface area (TPSA) is 241 Å². The van der Waals surface area contributed by atoms with Crippen LogP contribution in [0, 0.1) is 11.0 Å². The number of nitrogens with one attached hydrogen (secondary N) is 5. The Bertz CT molecular complexity index is 5120. The number of fused-ring (bicyclic) bond motifs is 1. The maximum Gasteiger partial charge on any atom is 0.416 e. The third-order valence-electron chi connectivity index (χ3n) is 25.8. The Kier molecular flexibility index (Phi) is 40.1. The van der Waals surface area contributed by atoms with Crippen molar-refractivity contribution >= 4 is 52.6 Å². The molecule has 0 aliphatic carbocycles. The Morgan fingerprint density at radius 2 is 0.844 bits per heavy atom. The Balaban J connectivity index is 0.000000187. The minimum absolute atomic E-state index is 0. The lowest BCUT2D eigenvalue weighted by atomic mass is 9.92. The molecular weight excluding hydrogens is 1740 g/mol. The molecule has 5 aliphatic rings. The molecule has 9 N–H and O–H groups in total. The molecule has 8 amide bonds. The minimum atomic E-state index is -4.57. The summed E-state index contributed by atoms with van der Waals surface area (Å²) in [6.45, 7) is 30.8. The number of ether oxygens (including phenoxy) is 2. The highest BCUT2D eigenvalue weighted by Gasteiger charge is 2.37. The molecule has 0 spiro atoms. The largest absolute Gasteiger partial charge is 0.630 e. The molecule has 29 heteroatoms. The predicted octanol–water partition coefficient (Wildman–Crippen LogP) is 22.9. The summed E-state index contributed by atoms with van der Waals surface area (Å²) >= 11 is 0. The van der Waals surface area contributed by atoms with Crippen molar-refractivity contribution in [2.45, 2.75) is 245 Å². The highest BCUT2D eigenvalue weighted by atomic mass is 19.4. The zero-order chi connectivity index (χ0) is 96.1. The number of quaternary nitrogens is 1. The van der Waals surface area contributed by atoms with Crippen molar-refractivity contribution in [3.8, 4) is 11.5 Å². The lowest BCUT2D eigenvalue weighted by Crippen LogP contribution is -2.70. The van der Waals surface area contributed by atoms with Gasteiger partial charge in [-0.2, -0.15) is 13.2 Å². The van der Waals surface area contributed by atoms with E-state index < -0.39 is 35.6 Å². The van der Waals surface area contributed by atoms with Crippen LogP contribution in [0.5, 0.6) is 11.5 Å². The van der Waals surface area contributed by atoms with Gasteiger partial charge in [-0.05, 0) is 189 Å². The molecule has 0 radical (unpaired) electrons. The molecular formula is C106H137F8N13O8. The summed E-state index contributed by atoms with van der Waals surface area (Å²) < 4.78 is 118. The van der Waals surface area contributed by atoms with E-state index >= 15 is 0 Å². The molecule has 14 rings (SSSR count). The monoisotopic (exact) mass is 1870 g/mol. The van der Waals surface area contributed by atoms with Gasteiger partial charge in [0, 0.05) is 169 Å². The highest BCUT2D eigenvalue weighted by molar-refractivity contribution is 5.93. The van der Waals surface area contributed by atoms with Crippen LogP contribution in [0.25, 0.3) is 0 Å². The van der Waals surface area contributed by atoms with Crippen LogP contribution in [0.2, 0.25) is 0 Å². The molecule has 4 saturated heterocycles. The number of alkyl halides is 7. The second kappa shape index (κ2) is 51.1. The molecule has 2 atom stereocenters. The van der Waals surface area contributed by atoms with Gasteiger partial charge in [-0.15, -0.1) is 0 Å². The number of piperidine rings is 4. The summed E-state index contributed by atoms with van der Waals surface area (Å²) in [5.74, 6) is -3.90. The van der Waals surface area contributed by atoms with Gasteiger partial charge in [-0.3, -0.25) is 9.80 Å². The van der Waals surface area contributed by atoms with Gasteiger partial charge in [0.25, 0.3) is 11.8 Å². The van der Waals surface area contributed by atoms with Gasteiger partial charge in [-0.25, -0.2) is 41.1 Å². The van der Waals surface area contributed by atoms with Crippen LogP contribution in [0.3, 0.4) is 0 Å². The minimum Gasteiger partial charge on any atom is -0.630 e. The number of benzene rings is 9. The number of likely N-dealkylation sites (tertiary alicyclic amines) is 4. The van der Waals surface area contributed by atoms with Crippen molar-refractivity contribution in [2.75, 3.05) is 86.8 Å². The molecule has 0 saturated carbocycles. The number of urea groups is 4. The molecule has 9 aromatic rings. The first-order chi connectivity index (χ1) is 64.2. The molecule has 9 aromatic carbocycles. The van der Waals surface area contributed by atoms with Crippen LogP contribution in [0.4, 0.5) is 82.7 Å². The van der Waals surface area contributed by atoms with E-state index in [1.54, 1.807) is 35.2 Å². The van der Waals surface area contributed by atoms with E-state index in [1.165, 1.54) is 77.6 Å².